The number of carbonyl (C=O) groups is 1. The number of carbonyl (C=O) groups excluding carboxylic acids is 1. The molecule has 27 heavy (non-hydrogen) atoms. The van der Waals surface area contributed by atoms with E-state index in [-0.39, 0.29) is 5.91 Å². The minimum absolute atomic E-state index is 0.116. The molecule has 1 aliphatic carbocycles. The molecule has 0 radical (unpaired) electrons. The summed E-state index contributed by atoms with van der Waals surface area (Å²) in [6, 6.07) is 17.8. The van der Waals surface area contributed by atoms with Crippen molar-refractivity contribution in [3.63, 3.8) is 0 Å². The Morgan fingerprint density at radius 3 is 2.30 bits per heavy atom. The normalized spacial score (nSPS) is 14.7. The number of benzene rings is 2. The monoisotopic (exact) mass is 360 g/mol. The van der Waals surface area contributed by atoms with E-state index in [4.69, 9.17) is 0 Å². The minimum atomic E-state index is -0.116. The van der Waals surface area contributed by atoms with Crippen molar-refractivity contribution in [2.24, 2.45) is 0 Å². The van der Waals surface area contributed by atoms with Crippen LogP contribution in [0.1, 0.15) is 42.5 Å². The number of anilines is 2. The molecule has 0 spiro atoms. The van der Waals surface area contributed by atoms with E-state index in [0.717, 1.165) is 17.1 Å². The minimum Gasteiger partial charge on any atom is -0.382 e. The lowest BCUT2D eigenvalue weighted by molar-refractivity contribution is 0.102. The Kier molecular flexibility index (Phi) is 5.19. The Hall–Kier alpha value is -3.08. The van der Waals surface area contributed by atoms with Gasteiger partial charge in [-0.05, 0) is 67.4 Å². The SMILES string of the molecule is O=C(Nc1ccc(NC2CCCCC2)cc1)c1ccc(-n2cccn2)cc1. The highest BCUT2D eigenvalue weighted by atomic mass is 16.1. The Morgan fingerprint density at radius 2 is 1.63 bits per heavy atom. The second-order valence-electron chi connectivity index (χ2n) is 7.01. The molecule has 1 aromatic heterocycles. The third-order valence-corrected chi connectivity index (χ3v) is 5.02. The summed E-state index contributed by atoms with van der Waals surface area (Å²) in [5, 5.41) is 10.7. The van der Waals surface area contributed by atoms with Crippen LogP contribution in [0.5, 0.6) is 0 Å². The van der Waals surface area contributed by atoms with Crippen molar-refractivity contribution in [1.82, 2.24) is 9.78 Å². The smallest absolute Gasteiger partial charge is 0.255 e. The lowest BCUT2D eigenvalue weighted by Crippen LogP contribution is -2.22. The molecule has 0 atom stereocenters. The van der Waals surface area contributed by atoms with Gasteiger partial charge in [-0.15, -0.1) is 0 Å². The second kappa shape index (κ2) is 8.08. The van der Waals surface area contributed by atoms with Crippen LogP contribution in [0.15, 0.2) is 67.0 Å². The number of nitrogens with zero attached hydrogens (tertiary/aromatic N) is 2. The van der Waals surface area contributed by atoms with Crippen molar-refractivity contribution < 1.29 is 4.79 Å². The predicted octanol–water partition coefficient (Wildman–Crippen LogP) is 4.87. The first kappa shape index (κ1) is 17.3. The summed E-state index contributed by atoms with van der Waals surface area (Å²) in [7, 11) is 0. The maximum atomic E-state index is 12.5. The van der Waals surface area contributed by atoms with Gasteiger partial charge in [0.25, 0.3) is 5.91 Å². The summed E-state index contributed by atoms with van der Waals surface area (Å²) >= 11 is 0. The number of nitrogens with one attached hydrogen (secondary N) is 2. The standard InChI is InChI=1S/C22H24N4O/c27-22(17-7-13-21(14-8-17)26-16-4-15-23-26)25-20-11-9-19(10-12-20)24-18-5-2-1-3-6-18/h4,7-16,18,24H,1-3,5-6H2,(H,25,27). The average Bonchev–Trinajstić information content (AvgIpc) is 3.25. The van der Waals surface area contributed by atoms with Crippen molar-refractivity contribution in [2.45, 2.75) is 38.1 Å². The largest absolute Gasteiger partial charge is 0.382 e. The van der Waals surface area contributed by atoms with Crippen molar-refractivity contribution in [3.05, 3.63) is 72.6 Å². The molecule has 138 valence electrons. The van der Waals surface area contributed by atoms with Crippen LogP contribution < -0.4 is 10.6 Å². The van der Waals surface area contributed by atoms with E-state index in [1.807, 2.05) is 60.8 Å². The lowest BCUT2D eigenvalue weighted by Gasteiger charge is -2.23. The van der Waals surface area contributed by atoms with Crippen molar-refractivity contribution in [2.75, 3.05) is 10.6 Å². The van der Waals surface area contributed by atoms with E-state index in [9.17, 15) is 4.79 Å². The molecule has 1 aliphatic rings. The van der Waals surface area contributed by atoms with E-state index in [1.54, 1.807) is 10.9 Å². The van der Waals surface area contributed by atoms with Crippen LogP contribution in [0.4, 0.5) is 11.4 Å². The van der Waals surface area contributed by atoms with Gasteiger partial charge < -0.3 is 10.6 Å². The van der Waals surface area contributed by atoms with Gasteiger partial charge in [-0.25, -0.2) is 4.68 Å². The van der Waals surface area contributed by atoms with Crippen molar-refractivity contribution in [1.29, 1.82) is 0 Å². The van der Waals surface area contributed by atoms with E-state index in [0.29, 0.717) is 11.6 Å². The second-order valence-corrected chi connectivity index (χ2v) is 7.01. The summed E-state index contributed by atoms with van der Waals surface area (Å²) < 4.78 is 1.76. The van der Waals surface area contributed by atoms with E-state index < -0.39 is 0 Å². The maximum Gasteiger partial charge on any atom is 0.255 e. The van der Waals surface area contributed by atoms with Crippen LogP contribution in [0.3, 0.4) is 0 Å². The van der Waals surface area contributed by atoms with Gasteiger partial charge in [0.15, 0.2) is 0 Å². The van der Waals surface area contributed by atoms with Crippen LogP contribution in [0.25, 0.3) is 5.69 Å². The number of aromatic nitrogens is 2. The maximum absolute atomic E-state index is 12.5. The molecular weight excluding hydrogens is 336 g/mol. The van der Waals surface area contributed by atoms with Crippen LogP contribution in [-0.4, -0.2) is 21.7 Å². The molecule has 2 aromatic carbocycles. The van der Waals surface area contributed by atoms with Crippen LogP contribution in [0.2, 0.25) is 0 Å². The molecule has 3 aromatic rings. The zero-order chi connectivity index (χ0) is 18.5. The molecule has 1 fully saturated rings. The van der Waals surface area contributed by atoms with Gasteiger partial charge in [-0.2, -0.15) is 5.10 Å². The molecule has 0 saturated heterocycles. The van der Waals surface area contributed by atoms with E-state index in [1.165, 1.54) is 32.1 Å². The number of hydrogen-bond acceptors (Lipinski definition) is 3. The Balaban J connectivity index is 1.36. The number of hydrogen-bond donors (Lipinski definition) is 2. The van der Waals surface area contributed by atoms with Gasteiger partial charge in [-0.1, -0.05) is 19.3 Å². The quantitative estimate of drug-likeness (QED) is 0.682. The van der Waals surface area contributed by atoms with E-state index in [2.05, 4.69) is 15.7 Å². The molecule has 1 heterocycles. The summed E-state index contributed by atoms with van der Waals surface area (Å²) in [6.07, 6.45) is 10.1. The van der Waals surface area contributed by atoms with Crippen molar-refractivity contribution >= 4 is 17.3 Å². The molecule has 1 amide bonds. The van der Waals surface area contributed by atoms with E-state index >= 15 is 0 Å². The molecule has 2 N–H and O–H groups in total. The summed E-state index contributed by atoms with van der Waals surface area (Å²) in [4.78, 5) is 12.5. The molecule has 4 rings (SSSR count). The summed E-state index contributed by atoms with van der Waals surface area (Å²) in [5.41, 5.74) is 3.46. The Morgan fingerprint density at radius 1 is 0.926 bits per heavy atom. The number of amides is 1. The zero-order valence-electron chi connectivity index (χ0n) is 15.3. The molecule has 5 heteroatoms. The zero-order valence-corrected chi connectivity index (χ0v) is 15.3. The lowest BCUT2D eigenvalue weighted by atomic mass is 9.95. The molecule has 0 unspecified atom stereocenters. The predicted molar refractivity (Wildman–Crippen MR) is 108 cm³/mol. The van der Waals surface area contributed by atoms with Crippen LogP contribution in [-0.2, 0) is 0 Å². The Labute approximate surface area is 159 Å². The average molecular weight is 360 g/mol. The van der Waals surface area contributed by atoms with Gasteiger partial charge in [0, 0.05) is 35.4 Å². The van der Waals surface area contributed by atoms with Gasteiger partial charge >= 0.3 is 0 Å². The highest BCUT2D eigenvalue weighted by Gasteiger charge is 2.13. The fourth-order valence-electron chi connectivity index (χ4n) is 3.52. The first-order valence-corrected chi connectivity index (χ1v) is 9.56. The van der Waals surface area contributed by atoms with Gasteiger partial charge in [0.2, 0.25) is 0 Å². The molecule has 5 nitrogen and oxygen atoms in total. The van der Waals surface area contributed by atoms with Gasteiger partial charge in [-0.3, -0.25) is 4.79 Å². The van der Waals surface area contributed by atoms with Crippen molar-refractivity contribution in [3.8, 4) is 5.69 Å². The molecule has 1 saturated carbocycles. The first-order chi connectivity index (χ1) is 13.3. The fraction of sp³-hybridized carbons (Fsp3) is 0.273. The third kappa shape index (κ3) is 4.37. The Bertz CT molecular complexity index is 864. The highest BCUT2D eigenvalue weighted by molar-refractivity contribution is 6.04. The molecular formula is C22H24N4O. The van der Waals surface area contributed by atoms with Gasteiger partial charge in [0.1, 0.15) is 0 Å². The molecule has 0 bridgehead atoms. The van der Waals surface area contributed by atoms with Crippen LogP contribution in [0, 0.1) is 0 Å². The highest BCUT2D eigenvalue weighted by Crippen LogP contribution is 2.22. The summed E-state index contributed by atoms with van der Waals surface area (Å²) in [5.74, 6) is -0.116. The van der Waals surface area contributed by atoms with Gasteiger partial charge in [0.05, 0.1) is 5.69 Å². The fourth-order valence-corrected chi connectivity index (χ4v) is 3.52. The third-order valence-electron chi connectivity index (χ3n) is 5.02. The van der Waals surface area contributed by atoms with Crippen LogP contribution >= 0.6 is 0 Å². The molecule has 0 aliphatic heterocycles. The first-order valence-electron chi connectivity index (χ1n) is 9.56. The number of rotatable bonds is 5. The summed E-state index contributed by atoms with van der Waals surface area (Å²) in [6.45, 7) is 0. The topological polar surface area (TPSA) is 59.0 Å².